The molecular weight excluding hydrogens is 514 g/mol. The first-order valence-electron chi connectivity index (χ1n) is 11.2. The highest BCUT2D eigenvalue weighted by atomic mass is 19.4. The fourth-order valence-electron chi connectivity index (χ4n) is 3.72. The highest BCUT2D eigenvalue weighted by molar-refractivity contribution is 5.73. The van der Waals surface area contributed by atoms with Crippen LogP contribution in [0.1, 0.15) is 25.8 Å². The van der Waals surface area contributed by atoms with Crippen molar-refractivity contribution in [2.45, 2.75) is 57.4 Å². The molecule has 212 valence electrons. The summed E-state index contributed by atoms with van der Waals surface area (Å²) in [6, 6.07) is 8.99. The summed E-state index contributed by atoms with van der Waals surface area (Å²) in [6.45, 7) is 8.79. The van der Waals surface area contributed by atoms with Crippen molar-refractivity contribution in [3.8, 4) is 5.75 Å². The Hall–Kier alpha value is -2.58. The molecule has 2 aliphatic heterocycles. The maximum Gasteiger partial charge on any atom is 0.490 e. The Kier molecular flexibility index (Phi) is 12.1. The minimum atomic E-state index is -5.08. The van der Waals surface area contributed by atoms with Crippen LogP contribution in [0.2, 0.25) is 0 Å². The summed E-state index contributed by atoms with van der Waals surface area (Å²) in [4.78, 5) is 22.7. The Morgan fingerprint density at radius 2 is 1.54 bits per heavy atom. The van der Waals surface area contributed by atoms with Crippen LogP contribution in [-0.4, -0.2) is 96.3 Å². The molecule has 0 bridgehead atoms. The number of rotatable bonds is 6. The van der Waals surface area contributed by atoms with Crippen molar-refractivity contribution in [3.63, 3.8) is 0 Å². The van der Waals surface area contributed by atoms with E-state index in [1.807, 2.05) is 12.1 Å². The van der Waals surface area contributed by atoms with E-state index in [0.29, 0.717) is 24.2 Å². The number of nitrogens with zero attached hydrogens (tertiary/aromatic N) is 2. The van der Waals surface area contributed by atoms with Crippen molar-refractivity contribution in [3.05, 3.63) is 29.8 Å². The number of methoxy groups -OCH3 is 1. The van der Waals surface area contributed by atoms with Gasteiger partial charge in [-0.2, -0.15) is 26.3 Å². The minimum Gasteiger partial charge on any atom is -0.497 e. The average Bonchev–Trinajstić information content (AvgIpc) is 3.31. The maximum absolute atomic E-state index is 10.6. The summed E-state index contributed by atoms with van der Waals surface area (Å²) in [5.74, 6) is -3.88. The van der Waals surface area contributed by atoms with Crippen LogP contribution in [0.5, 0.6) is 5.75 Å². The zero-order valence-electron chi connectivity index (χ0n) is 20.8. The standard InChI is InChI=1S/C19H30N2O2.2C2HF3O2/c1-14(2)20(3)12-18-9-16-11-21(13-19(16)23-18)10-15-5-7-17(22-4)8-6-15;2*3-2(4,5)1(6)7/h5-8,14,16,18-19H,9-13H2,1-4H3;2*(H,6,7)/t16-,18-,19+;;/m1../s1. The van der Waals surface area contributed by atoms with Gasteiger partial charge in [0, 0.05) is 38.1 Å². The number of carboxylic acid groups (broad SMARTS) is 2. The number of halogens is 6. The van der Waals surface area contributed by atoms with Crippen LogP contribution < -0.4 is 4.74 Å². The van der Waals surface area contributed by atoms with E-state index < -0.39 is 24.3 Å². The number of carboxylic acids is 2. The summed E-state index contributed by atoms with van der Waals surface area (Å²) in [5.41, 5.74) is 1.35. The van der Waals surface area contributed by atoms with Crippen molar-refractivity contribution in [1.82, 2.24) is 9.80 Å². The van der Waals surface area contributed by atoms with Crippen LogP contribution in [-0.2, 0) is 20.9 Å². The van der Waals surface area contributed by atoms with Gasteiger partial charge >= 0.3 is 24.3 Å². The number of aliphatic carboxylic acids is 2. The molecule has 0 aliphatic carbocycles. The van der Waals surface area contributed by atoms with Gasteiger partial charge in [0.05, 0.1) is 19.3 Å². The van der Waals surface area contributed by atoms with Gasteiger partial charge in [0.1, 0.15) is 5.75 Å². The van der Waals surface area contributed by atoms with Gasteiger partial charge in [0.2, 0.25) is 0 Å². The van der Waals surface area contributed by atoms with Gasteiger partial charge < -0.3 is 24.6 Å². The van der Waals surface area contributed by atoms with Crippen molar-refractivity contribution in [1.29, 1.82) is 0 Å². The molecule has 2 N–H and O–H groups in total. The normalized spacial score (nSPS) is 21.6. The lowest BCUT2D eigenvalue weighted by atomic mass is 10.0. The fourth-order valence-corrected chi connectivity index (χ4v) is 3.72. The lowest BCUT2D eigenvalue weighted by molar-refractivity contribution is -0.193. The van der Waals surface area contributed by atoms with E-state index in [1.54, 1.807) is 7.11 Å². The first kappa shape index (κ1) is 32.4. The molecular formula is C23H32F6N2O6. The molecule has 0 radical (unpaired) electrons. The third-order valence-corrected chi connectivity index (χ3v) is 5.81. The number of hydrogen-bond acceptors (Lipinski definition) is 6. The van der Waals surface area contributed by atoms with E-state index in [4.69, 9.17) is 29.3 Å². The molecule has 37 heavy (non-hydrogen) atoms. The monoisotopic (exact) mass is 546 g/mol. The molecule has 2 heterocycles. The summed E-state index contributed by atoms with van der Waals surface area (Å²) in [6.07, 6.45) is -8.11. The number of likely N-dealkylation sites (N-methyl/N-ethyl adjacent to an activating group) is 1. The Morgan fingerprint density at radius 1 is 1.05 bits per heavy atom. The number of hydrogen-bond donors (Lipinski definition) is 2. The molecule has 2 saturated heterocycles. The van der Waals surface area contributed by atoms with Gasteiger partial charge in [-0.3, -0.25) is 4.90 Å². The minimum absolute atomic E-state index is 0.417. The van der Waals surface area contributed by atoms with Crippen molar-refractivity contribution < 1.29 is 55.6 Å². The smallest absolute Gasteiger partial charge is 0.490 e. The predicted molar refractivity (Wildman–Crippen MR) is 120 cm³/mol. The molecule has 2 aliphatic rings. The van der Waals surface area contributed by atoms with Gasteiger partial charge in [0.15, 0.2) is 0 Å². The van der Waals surface area contributed by atoms with Gasteiger partial charge in [-0.25, -0.2) is 9.59 Å². The van der Waals surface area contributed by atoms with Crippen molar-refractivity contribution >= 4 is 11.9 Å². The second-order valence-electron chi connectivity index (χ2n) is 8.97. The molecule has 0 spiro atoms. The largest absolute Gasteiger partial charge is 0.497 e. The number of benzene rings is 1. The molecule has 0 unspecified atom stereocenters. The predicted octanol–water partition coefficient (Wildman–Crippen LogP) is 3.89. The second kappa shape index (κ2) is 13.8. The first-order chi connectivity index (χ1) is 16.9. The van der Waals surface area contributed by atoms with Crippen molar-refractivity contribution in [2.75, 3.05) is 33.8 Å². The van der Waals surface area contributed by atoms with Crippen molar-refractivity contribution in [2.24, 2.45) is 5.92 Å². The molecule has 14 heteroatoms. The molecule has 3 atom stereocenters. The SMILES string of the molecule is COc1ccc(CN2C[C@H]3C[C@H](CN(C)C(C)C)O[C@H]3C2)cc1.O=C(O)C(F)(F)F.O=C(O)C(F)(F)F. The summed E-state index contributed by atoms with van der Waals surface area (Å²) < 4.78 is 75.0. The summed E-state index contributed by atoms with van der Waals surface area (Å²) in [7, 11) is 3.90. The number of carbonyl (C=O) groups is 2. The summed E-state index contributed by atoms with van der Waals surface area (Å²) in [5, 5.41) is 14.2. The average molecular weight is 547 g/mol. The number of ether oxygens (including phenoxy) is 2. The topological polar surface area (TPSA) is 99.5 Å². The van der Waals surface area contributed by atoms with E-state index in [2.05, 4.69) is 42.8 Å². The number of fused-ring (bicyclic) bond motifs is 1. The van der Waals surface area contributed by atoms with Crippen LogP contribution in [0.4, 0.5) is 26.3 Å². The molecule has 8 nitrogen and oxygen atoms in total. The van der Waals surface area contributed by atoms with Gasteiger partial charge in [-0.05, 0) is 45.0 Å². The zero-order chi connectivity index (χ0) is 28.6. The van der Waals surface area contributed by atoms with Crippen LogP contribution in [0.15, 0.2) is 24.3 Å². The fraction of sp³-hybridized carbons (Fsp3) is 0.652. The first-order valence-corrected chi connectivity index (χ1v) is 11.2. The van der Waals surface area contributed by atoms with Gasteiger partial charge in [0.25, 0.3) is 0 Å². The summed E-state index contributed by atoms with van der Waals surface area (Å²) >= 11 is 0. The lowest BCUT2D eigenvalue weighted by Crippen LogP contribution is -2.35. The Labute approximate surface area is 210 Å². The maximum atomic E-state index is 10.6. The van der Waals surface area contributed by atoms with E-state index in [9.17, 15) is 26.3 Å². The molecule has 1 aromatic carbocycles. The third-order valence-electron chi connectivity index (χ3n) is 5.81. The quantitative estimate of drug-likeness (QED) is 0.519. The van der Waals surface area contributed by atoms with Crippen LogP contribution >= 0.6 is 0 Å². The van der Waals surface area contributed by atoms with E-state index in [0.717, 1.165) is 25.4 Å². The lowest BCUT2D eigenvalue weighted by Gasteiger charge is -2.25. The third kappa shape index (κ3) is 11.6. The number of alkyl halides is 6. The molecule has 3 rings (SSSR count). The molecule has 2 fully saturated rings. The van der Waals surface area contributed by atoms with Crippen LogP contribution in [0.25, 0.3) is 0 Å². The Bertz CT molecular complexity index is 825. The van der Waals surface area contributed by atoms with Gasteiger partial charge in [-0.15, -0.1) is 0 Å². The highest BCUT2D eigenvalue weighted by Gasteiger charge is 2.42. The molecule has 0 aromatic heterocycles. The van der Waals surface area contributed by atoms with Crippen LogP contribution in [0.3, 0.4) is 0 Å². The Balaban J connectivity index is 0.000000404. The van der Waals surface area contributed by atoms with E-state index in [-0.39, 0.29) is 0 Å². The Morgan fingerprint density at radius 3 is 1.92 bits per heavy atom. The molecule has 0 saturated carbocycles. The van der Waals surface area contributed by atoms with E-state index in [1.165, 1.54) is 18.5 Å². The molecule has 0 amide bonds. The second-order valence-corrected chi connectivity index (χ2v) is 8.97. The highest BCUT2D eigenvalue weighted by Crippen LogP contribution is 2.34. The zero-order valence-corrected chi connectivity index (χ0v) is 20.8. The number of likely N-dealkylation sites (tertiary alicyclic amines) is 1. The van der Waals surface area contributed by atoms with E-state index >= 15 is 0 Å². The van der Waals surface area contributed by atoms with Gasteiger partial charge in [-0.1, -0.05) is 12.1 Å². The van der Waals surface area contributed by atoms with Crippen LogP contribution in [0, 0.1) is 5.92 Å². The molecule has 1 aromatic rings.